The number of methoxy groups -OCH3 is 1. The Kier molecular flexibility index (Phi) is 8.33. The van der Waals surface area contributed by atoms with Gasteiger partial charge in [-0.05, 0) is 31.9 Å². The van der Waals surface area contributed by atoms with Crippen LogP contribution in [0.1, 0.15) is 32.8 Å². The van der Waals surface area contributed by atoms with Crippen molar-refractivity contribution in [1.29, 1.82) is 0 Å². The second kappa shape index (κ2) is 10.0. The number of carbonyl (C=O) groups excluding carboxylic acids is 2. The molecule has 128 valence electrons. The minimum absolute atomic E-state index is 0.121. The normalized spacial score (nSPS) is 13.2. The average molecular weight is 321 g/mol. The predicted octanol–water partition coefficient (Wildman–Crippen LogP) is 2.37. The number of Topliss-reactive ketones (excluding diaryl/α,β-unsaturated/α-hetero) is 1. The first-order valence-electron chi connectivity index (χ1n) is 8.00. The molecule has 1 rings (SSSR count). The molecule has 0 saturated heterocycles. The number of ether oxygens (including phenoxy) is 2. The zero-order valence-corrected chi connectivity index (χ0v) is 14.4. The first-order chi connectivity index (χ1) is 11.0. The third-order valence-corrected chi connectivity index (χ3v) is 3.78. The Morgan fingerprint density at radius 2 is 1.96 bits per heavy atom. The second-order valence-electron chi connectivity index (χ2n) is 5.57. The van der Waals surface area contributed by atoms with E-state index in [4.69, 9.17) is 9.47 Å². The largest absolute Gasteiger partial charge is 0.496 e. The van der Waals surface area contributed by atoms with Gasteiger partial charge in [0, 0.05) is 19.0 Å². The van der Waals surface area contributed by atoms with Crippen LogP contribution in [-0.4, -0.2) is 38.1 Å². The van der Waals surface area contributed by atoms with Crippen molar-refractivity contribution in [3.8, 4) is 5.75 Å². The number of hydrogen-bond acceptors (Lipinski definition) is 5. The molecule has 2 atom stereocenters. The van der Waals surface area contributed by atoms with Crippen LogP contribution in [0.2, 0.25) is 0 Å². The van der Waals surface area contributed by atoms with E-state index in [2.05, 4.69) is 5.32 Å². The monoisotopic (exact) mass is 321 g/mol. The molecular formula is C18H27NO4. The van der Waals surface area contributed by atoms with Gasteiger partial charge in [0.2, 0.25) is 0 Å². The van der Waals surface area contributed by atoms with Crippen LogP contribution in [0.5, 0.6) is 5.75 Å². The van der Waals surface area contributed by atoms with Crippen LogP contribution in [0.3, 0.4) is 0 Å². The van der Waals surface area contributed by atoms with Crippen LogP contribution in [-0.2, 0) is 20.7 Å². The molecule has 0 aromatic heterocycles. The summed E-state index contributed by atoms with van der Waals surface area (Å²) in [4.78, 5) is 23.2. The number of ketones is 1. The van der Waals surface area contributed by atoms with Gasteiger partial charge in [0.15, 0.2) is 0 Å². The number of esters is 1. The van der Waals surface area contributed by atoms with Crippen molar-refractivity contribution < 1.29 is 19.1 Å². The first-order valence-corrected chi connectivity index (χ1v) is 8.00. The Morgan fingerprint density at radius 3 is 2.57 bits per heavy atom. The van der Waals surface area contributed by atoms with E-state index in [1.54, 1.807) is 21.0 Å². The quantitative estimate of drug-likeness (QED) is 0.670. The maximum atomic E-state index is 12.1. The molecule has 0 spiro atoms. The minimum Gasteiger partial charge on any atom is -0.496 e. The summed E-state index contributed by atoms with van der Waals surface area (Å²) in [6.45, 7) is 6.10. The van der Waals surface area contributed by atoms with Gasteiger partial charge in [0.05, 0.1) is 19.6 Å². The van der Waals surface area contributed by atoms with Crippen LogP contribution in [0, 0.1) is 5.92 Å². The topological polar surface area (TPSA) is 64.6 Å². The van der Waals surface area contributed by atoms with Gasteiger partial charge >= 0.3 is 5.97 Å². The second-order valence-corrected chi connectivity index (χ2v) is 5.57. The van der Waals surface area contributed by atoms with Crippen molar-refractivity contribution in [2.24, 2.45) is 5.92 Å². The molecule has 5 heteroatoms. The maximum absolute atomic E-state index is 12.1. The fraction of sp³-hybridized carbons (Fsp3) is 0.556. The van der Waals surface area contributed by atoms with Crippen molar-refractivity contribution in [1.82, 2.24) is 5.32 Å². The molecule has 2 unspecified atom stereocenters. The van der Waals surface area contributed by atoms with E-state index in [-0.39, 0.29) is 23.7 Å². The van der Waals surface area contributed by atoms with E-state index in [0.29, 0.717) is 26.0 Å². The van der Waals surface area contributed by atoms with Crippen molar-refractivity contribution in [3.05, 3.63) is 29.8 Å². The third-order valence-electron chi connectivity index (χ3n) is 3.78. The molecular weight excluding hydrogens is 294 g/mol. The van der Waals surface area contributed by atoms with E-state index >= 15 is 0 Å². The fourth-order valence-corrected chi connectivity index (χ4v) is 2.41. The van der Waals surface area contributed by atoms with Gasteiger partial charge < -0.3 is 14.8 Å². The van der Waals surface area contributed by atoms with Gasteiger partial charge in [-0.2, -0.15) is 0 Å². The van der Waals surface area contributed by atoms with Gasteiger partial charge in [-0.3, -0.25) is 9.59 Å². The standard InChI is InChI=1S/C18H27NO4/c1-5-23-18(21)14(3)16(19-11-10-13(2)20)12-15-8-6-7-9-17(15)22-4/h6-9,14,16,19H,5,10-12H2,1-4H3. The summed E-state index contributed by atoms with van der Waals surface area (Å²) in [6, 6.07) is 7.62. The highest BCUT2D eigenvalue weighted by atomic mass is 16.5. The van der Waals surface area contributed by atoms with E-state index in [9.17, 15) is 9.59 Å². The summed E-state index contributed by atoms with van der Waals surface area (Å²) >= 11 is 0. The zero-order chi connectivity index (χ0) is 17.2. The van der Waals surface area contributed by atoms with Crippen LogP contribution in [0.15, 0.2) is 24.3 Å². The first kappa shape index (κ1) is 19.2. The predicted molar refractivity (Wildman–Crippen MR) is 89.6 cm³/mol. The van der Waals surface area contributed by atoms with Crippen LogP contribution in [0.4, 0.5) is 0 Å². The van der Waals surface area contributed by atoms with Crippen LogP contribution >= 0.6 is 0 Å². The molecule has 0 radical (unpaired) electrons. The summed E-state index contributed by atoms with van der Waals surface area (Å²) in [5.41, 5.74) is 1.02. The molecule has 1 N–H and O–H groups in total. The average Bonchev–Trinajstić information content (AvgIpc) is 2.53. The smallest absolute Gasteiger partial charge is 0.310 e. The number of rotatable bonds is 10. The molecule has 1 aromatic rings. The number of nitrogens with one attached hydrogen (secondary N) is 1. The molecule has 23 heavy (non-hydrogen) atoms. The molecule has 1 aromatic carbocycles. The lowest BCUT2D eigenvalue weighted by atomic mass is 9.94. The molecule has 0 aliphatic rings. The van der Waals surface area contributed by atoms with Gasteiger partial charge in [-0.15, -0.1) is 0 Å². The fourth-order valence-electron chi connectivity index (χ4n) is 2.41. The van der Waals surface area contributed by atoms with E-state index in [0.717, 1.165) is 11.3 Å². The summed E-state index contributed by atoms with van der Waals surface area (Å²) in [5.74, 6) is 0.369. The molecule has 5 nitrogen and oxygen atoms in total. The Hall–Kier alpha value is -1.88. The van der Waals surface area contributed by atoms with E-state index < -0.39 is 0 Å². The SMILES string of the molecule is CCOC(=O)C(C)C(Cc1ccccc1OC)NCCC(C)=O. The summed E-state index contributed by atoms with van der Waals surface area (Å²) in [7, 11) is 1.63. The molecule has 0 amide bonds. The Labute approximate surface area is 138 Å². The maximum Gasteiger partial charge on any atom is 0.310 e. The Morgan fingerprint density at radius 1 is 1.26 bits per heavy atom. The molecule has 0 aliphatic heterocycles. The van der Waals surface area contributed by atoms with Crippen molar-refractivity contribution >= 4 is 11.8 Å². The summed E-state index contributed by atoms with van der Waals surface area (Å²) in [5, 5.41) is 3.31. The van der Waals surface area contributed by atoms with Crippen LogP contribution < -0.4 is 10.1 Å². The van der Waals surface area contributed by atoms with Gasteiger partial charge in [0.1, 0.15) is 11.5 Å². The van der Waals surface area contributed by atoms with Crippen molar-refractivity contribution in [3.63, 3.8) is 0 Å². The van der Waals surface area contributed by atoms with Crippen molar-refractivity contribution in [2.75, 3.05) is 20.3 Å². The molecule has 0 bridgehead atoms. The highest BCUT2D eigenvalue weighted by Crippen LogP contribution is 2.21. The third kappa shape index (κ3) is 6.40. The summed E-state index contributed by atoms with van der Waals surface area (Å²) in [6.07, 6.45) is 1.07. The van der Waals surface area contributed by atoms with E-state index in [1.807, 2.05) is 31.2 Å². The van der Waals surface area contributed by atoms with Crippen molar-refractivity contribution in [2.45, 2.75) is 39.7 Å². The van der Waals surface area contributed by atoms with E-state index in [1.165, 1.54) is 0 Å². The highest BCUT2D eigenvalue weighted by molar-refractivity contribution is 5.75. The Bertz CT molecular complexity index is 515. The van der Waals surface area contributed by atoms with Gasteiger partial charge in [-0.25, -0.2) is 0 Å². The van der Waals surface area contributed by atoms with Gasteiger partial charge in [-0.1, -0.05) is 25.1 Å². The van der Waals surface area contributed by atoms with Gasteiger partial charge in [0.25, 0.3) is 0 Å². The minimum atomic E-state index is -0.313. The zero-order valence-electron chi connectivity index (χ0n) is 14.4. The van der Waals surface area contributed by atoms with Crippen LogP contribution in [0.25, 0.3) is 0 Å². The summed E-state index contributed by atoms with van der Waals surface area (Å²) < 4.78 is 10.5. The highest BCUT2D eigenvalue weighted by Gasteiger charge is 2.26. The number of benzene rings is 1. The number of carbonyl (C=O) groups is 2. The number of para-hydroxylation sites is 1. The molecule has 0 fully saturated rings. The molecule has 0 aliphatic carbocycles. The number of hydrogen-bond donors (Lipinski definition) is 1. The lowest BCUT2D eigenvalue weighted by molar-refractivity contribution is -0.148. The lowest BCUT2D eigenvalue weighted by Gasteiger charge is -2.24. The molecule has 0 saturated carbocycles. The lowest BCUT2D eigenvalue weighted by Crippen LogP contribution is -2.42. The Balaban J connectivity index is 2.84. The molecule has 0 heterocycles.